The molecular formula is C16H17N5O4. The number of likely N-dealkylation sites (tertiary alicyclic amines) is 1. The fourth-order valence-electron chi connectivity index (χ4n) is 3.60. The summed E-state index contributed by atoms with van der Waals surface area (Å²) < 4.78 is 1.47. The molecule has 2 aromatic rings. The largest absolute Gasteiger partial charge is 0.336 e. The average molecular weight is 343 g/mol. The van der Waals surface area contributed by atoms with Crippen LogP contribution in [0.2, 0.25) is 0 Å². The van der Waals surface area contributed by atoms with Crippen LogP contribution in [0.3, 0.4) is 0 Å². The molecule has 1 aromatic heterocycles. The molecular weight excluding hydrogens is 326 g/mol. The number of imide groups is 1. The Morgan fingerprint density at radius 2 is 2.04 bits per heavy atom. The van der Waals surface area contributed by atoms with E-state index >= 15 is 0 Å². The molecule has 1 unspecified atom stereocenters. The summed E-state index contributed by atoms with van der Waals surface area (Å²) in [6.07, 6.45) is 1.11. The molecule has 2 aliphatic heterocycles. The van der Waals surface area contributed by atoms with E-state index < -0.39 is 17.5 Å². The highest BCUT2D eigenvalue weighted by Crippen LogP contribution is 2.26. The molecule has 0 bridgehead atoms. The summed E-state index contributed by atoms with van der Waals surface area (Å²) in [5.74, 6) is -0.627. The number of urea groups is 1. The Morgan fingerprint density at radius 3 is 2.76 bits per heavy atom. The summed E-state index contributed by atoms with van der Waals surface area (Å²) in [4.78, 5) is 52.4. The normalized spacial score (nSPS) is 23.2. The van der Waals surface area contributed by atoms with Crippen LogP contribution in [0.5, 0.6) is 0 Å². The predicted octanol–water partition coefficient (Wildman–Crippen LogP) is -0.319. The van der Waals surface area contributed by atoms with E-state index in [0.717, 1.165) is 0 Å². The Balaban J connectivity index is 1.63. The summed E-state index contributed by atoms with van der Waals surface area (Å²) in [7, 11) is 1.65. The molecule has 2 saturated heterocycles. The number of aromatic amines is 1. The molecule has 0 saturated carbocycles. The van der Waals surface area contributed by atoms with Gasteiger partial charge in [0.05, 0.1) is 17.6 Å². The number of nitrogens with one attached hydrogen (secondary N) is 3. The van der Waals surface area contributed by atoms with Gasteiger partial charge in [0.15, 0.2) is 0 Å². The summed E-state index contributed by atoms with van der Waals surface area (Å²) in [5, 5.41) is 4.89. The number of carbonyl (C=O) groups excluding carboxylic acids is 3. The monoisotopic (exact) mass is 343 g/mol. The van der Waals surface area contributed by atoms with Crippen molar-refractivity contribution in [3.8, 4) is 0 Å². The lowest BCUT2D eigenvalue weighted by Gasteiger charge is -2.38. The van der Waals surface area contributed by atoms with Gasteiger partial charge in [-0.3, -0.25) is 19.5 Å². The average Bonchev–Trinajstić information content (AvgIpc) is 3.02. The first-order valence-corrected chi connectivity index (χ1v) is 8.01. The number of imidazole rings is 1. The molecule has 3 heterocycles. The van der Waals surface area contributed by atoms with Crippen molar-refractivity contribution in [2.75, 3.05) is 13.1 Å². The van der Waals surface area contributed by atoms with Crippen molar-refractivity contribution in [2.45, 2.75) is 18.4 Å². The van der Waals surface area contributed by atoms with Crippen molar-refractivity contribution in [3.05, 3.63) is 34.2 Å². The molecule has 1 spiro atoms. The number of rotatable bonds is 1. The highest BCUT2D eigenvalue weighted by Gasteiger charge is 2.49. The molecule has 1 atom stereocenters. The van der Waals surface area contributed by atoms with Crippen molar-refractivity contribution < 1.29 is 14.4 Å². The Labute approximate surface area is 142 Å². The molecule has 4 rings (SSSR count). The number of aryl methyl sites for hydroxylation is 1. The van der Waals surface area contributed by atoms with Crippen molar-refractivity contribution in [3.63, 3.8) is 0 Å². The van der Waals surface area contributed by atoms with E-state index in [2.05, 4.69) is 15.6 Å². The molecule has 2 fully saturated rings. The minimum Gasteiger partial charge on any atom is -0.336 e. The summed E-state index contributed by atoms with van der Waals surface area (Å²) in [6, 6.07) is 4.48. The van der Waals surface area contributed by atoms with E-state index in [1.165, 1.54) is 4.57 Å². The number of hydrogen-bond acceptors (Lipinski definition) is 4. The first-order valence-electron chi connectivity index (χ1n) is 8.01. The van der Waals surface area contributed by atoms with Crippen molar-refractivity contribution in [2.24, 2.45) is 7.05 Å². The first kappa shape index (κ1) is 15.4. The van der Waals surface area contributed by atoms with Gasteiger partial charge in [0, 0.05) is 19.2 Å². The molecule has 0 radical (unpaired) electrons. The lowest BCUT2D eigenvalue weighted by atomic mass is 9.89. The zero-order valence-corrected chi connectivity index (χ0v) is 13.6. The van der Waals surface area contributed by atoms with Gasteiger partial charge in [-0.1, -0.05) is 0 Å². The van der Waals surface area contributed by atoms with E-state index in [9.17, 15) is 19.2 Å². The van der Waals surface area contributed by atoms with Crippen LogP contribution in [0, 0.1) is 0 Å². The molecule has 4 amide bonds. The SMILES string of the molecule is Cn1c(=O)[nH]c2cc(C(=O)N3CCCC4(C3)NC(=O)NC4=O)ccc21. The molecule has 130 valence electrons. The second kappa shape index (κ2) is 5.20. The van der Waals surface area contributed by atoms with E-state index in [0.29, 0.717) is 36.0 Å². The number of fused-ring (bicyclic) bond motifs is 1. The number of carbonyl (C=O) groups is 3. The highest BCUT2D eigenvalue weighted by atomic mass is 16.2. The van der Waals surface area contributed by atoms with E-state index in [1.54, 1.807) is 30.1 Å². The minimum absolute atomic E-state index is 0.132. The van der Waals surface area contributed by atoms with Crippen LogP contribution in [-0.2, 0) is 11.8 Å². The second-order valence-corrected chi connectivity index (χ2v) is 6.54. The van der Waals surface area contributed by atoms with Crippen LogP contribution in [0.4, 0.5) is 4.79 Å². The fourth-order valence-corrected chi connectivity index (χ4v) is 3.60. The quantitative estimate of drug-likeness (QED) is 0.615. The molecule has 9 nitrogen and oxygen atoms in total. The maximum Gasteiger partial charge on any atom is 0.326 e. The van der Waals surface area contributed by atoms with E-state index in [-0.39, 0.29) is 18.1 Å². The molecule has 9 heteroatoms. The smallest absolute Gasteiger partial charge is 0.326 e. The van der Waals surface area contributed by atoms with E-state index in [1.807, 2.05) is 0 Å². The van der Waals surface area contributed by atoms with Gasteiger partial charge < -0.3 is 15.2 Å². The Kier molecular flexibility index (Phi) is 3.21. The van der Waals surface area contributed by atoms with Gasteiger partial charge in [0.2, 0.25) is 0 Å². The number of nitrogens with zero attached hydrogens (tertiary/aromatic N) is 2. The van der Waals surface area contributed by atoms with E-state index in [4.69, 9.17) is 0 Å². The van der Waals surface area contributed by atoms with Crippen LogP contribution in [0.1, 0.15) is 23.2 Å². The number of aromatic nitrogens is 2. The predicted molar refractivity (Wildman–Crippen MR) is 88.1 cm³/mol. The highest BCUT2D eigenvalue weighted by molar-refractivity contribution is 6.08. The number of hydrogen-bond donors (Lipinski definition) is 3. The summed E-state index contributed by atoms with van der Waals surface area (Å²) >= 11 is 0. The Bertz CT molecular complexity index is 975. The minimum atomic E-state index is -1.05. The van der Waals surface area contributed by atoms with Gasteiger partial charge >= 0.3 is 11.7 Å². The summed E-state index contributed by atoms with van der Waals surface area (Å²) in [5.41, 5.74) is 0.421. The van der Waals surface area contributed by atoms with Gasteiger partial charge in [-0.2, -0.15) is 0 Å². The first-order chi connectivity index (χ1) is 11.9. The molecule has 25 heavy (non-hydrogen) atoms. The topological polar surface area (TPSA) is 116 Å². The maximum atomic E-state index is 12.8. The zero-order valence-electron chi connectivity index (χ0n) is 13.6. The van der Waals surface area contributed by atoms with Crippen LogP contribution >= 0.6 is 0 Å². The number of piperidine rings is 1. The molecule has 1 aromatic carbocycles. The zero-order chi connectivity index (χ0) is 17.8. The second-order valence-electron chi connectivity index (χ2n) is 6.54. The number of amides is 4. The van der Waals surface area contributed by atoms with Gasteiger partial charge in [0.25, 0.3) is 11.8 Å². The standard InChI is InChI=1S/C16H17N5O4/c1-20-11-4-3-9(7-10(11)17-15(20)25)12(22)21-6-2-5-16(8-21)13(23)18-14(24)19-16/h3-4,7H,2,5-6,8H2,1H3,(H,17,25)(H2,18,19,23,24). The third-order valence-electron chi connectivity index (χ3n) is 4.95. The Morgan fingerprint density at radius 1 is 1.24 bits per heavy atom. The third kappa shape index (κ3) is 2.31. The van der Waals surface area contributed by atoms with Crippen molar-refractivity contribution in [1.82, 2.24) is 25.1 Å². The van der Waals surface area contributed by atoms with Crippen LogP contribution in [0.15, 0.2) is 23.0 Å². The van der Waals surface area contributed by atoms with Gasteiger partial charge in [-0.05, 0) is 31.0 Å². The molecule has 3 N–H and O–H groups in total. The molecule has 2 aliphatic rings. The van der Waals surface area contributed by atoms with Crippen molar-refractivity contribution in [1.29, 1.82) is 0 Å². The lowest BCUT2D eigenvalue weighted by molar-refractivity contribution is -0.125. The summed E-state index contributed by atoms with van der Waals surface area (Å²) in [6.45, 7) is 0.639. The number of H-pyrrole nitrogens is 1. The van der Waals surface area contributed by atoms with Gasteiger partial charge in [0.1, 0.15) is 5.54 Å². The molecule has 0 aliphatic carbocycles. The van der Waals surface area contributed by atoms with Crippen molar-refractivity contribution >= 4 is 28.9 Å². The van der Waals surface area contributed by atoms with Crippen LogP contribution in [-0.4, -0.2) is 50.9 Å². The fraction of sp³-hybridized carbons (Fsp3) is 0.375. The number of benzene rings is 1. The maximum absolute atomic E-state index is 12.8. The van der Waals surface area contributed by atoms with Gasteiger partial charge in [-0.15, -0.1) is 0 Å². The van der Waals surface area contributed by atoms with Crippen LogP contribution in [0.25, 0.3) is 11.0 Å². The van der Waals surface area contributed by atoms with Gasteiger partial charge in [-0.25, -0.2) is 9.59 Å². The third-order valence-corrected chi connectivity index (χ3v) is 4.95. The van der Waals surface area contributed by atoms with Crippen LogP contribution < -0.4 is 16.3 Å². The Hall–Kier alpha value is -3.10. The lowest BCUT2D eigenvalue weighted by Crippen LogP contribution is -2.59.